The van der Waals surface area contributed by atoms with Gasteiger partial charge in [0.25, 0.3) is 0 Å². The Morgan fingerprint density at radius 2 is 1.73 bits per heavy atom. The number of halogens is 1. The summed E-state index contributed by atoms with van der Waals surface area (Å²) in [6.45, 7) is 7.80. The molecule has 0 aliphatic carbocycles. The lowest BCUT2D eigenvalue weighted by Crippen LogP contribution is -2.48. The number of nitrogens with zero attached hydrogens (tertiary/aromatic N) is 2. The van der Waals surface area contributed by atoms with E-state index in [1.807, 2.05) is 0 Å². The van der Waals surface area contributed by atoms with Gasteiger partial charge in [-0.05, 0) is 36.8 Å². The molecule has 2 aromatic carbocycles. The molecule has 1 fully saturated rings. The summed E-state index contributed by atoms with van der Waals surface area (Å²) in [6.07, 6.45) is -0.552. The third-order valence-corrected chi connectivity index (χ3v) is 4.68. The maximum Gasteiger partial charge on any atom is 0.123 e. The van der Waals surface area contributed by atoms with Gasteiger partial charge < -0.3 is 9.84 Å². The van der Waals surface area contributed by atoms with Gasteiger partial charge in [-0.3, -0.25) is 9.80 Å². The van der Waals surface area contributed by atoms with Crippen molar-refractivity contribution in [1.82, 2.24) is 9.80 Å². The predicted octanol–water partition coefficient (Wildman–Crippen LogP) is 2.69. The summed E-state index contributed by atoms with van der Waals surface area (Å²) in [6, 6.07) is 14.5. The average molecular weight is 358 g/mol. The van der Waals surface area contributed by atoms with Gasteiger partial charge in [0.1, 0.15) is 24.3 Å². The van der Waals surface area contributed by atoms with Crippen LogP contribution in [0.3, 0.4) is 0 Å². The highest BCUT2D eigenvalue weighted by Gasteiger charge is 2.19. The molecule has 4 nitrogen and oxygen atoms in total. The lowest BCUT2D eigenvalue weighted by molar-refractivity contribution is 0.0446. The number of aliphatic hydroxyl groups is 1. The molecule has 140 valence electrons. The number of aryl methyl sites for hydroxylation is 1. The molecule has 2 aromatic rings. The topological polar surface area (TPSA) is 35.9 Å². The molecule has 26 heavy (non-hydrogen) atoms. The molecule has 1 aliphatic heterocycles. The van der Waals surface area contributed by atoms with Crippen molar-refractivity contribution in [3.05, 3.63) is 65.5 Å². The van der Waals surface area contributed by atoms with Crippen LogP contribution in [0.25, 0.3) is 0 Å². The summed E-state index contributed by atoms with van der Waals surface area (Å²) in [5.41, 5.74) is 2.65. The molecular weight excluding hydrogens is 331 g/mol. The van der Waals surface area contributed by atoms with E-state index < -0.39 is 6.10 Å². The van der Waals surface area contributed by atoms with E-state index in [-0.39, 0.29) is 12.4 Å². The zero-order chi connectivity index (χ0) is 18.4. The van der Waals surface area contributed by atoms with Crippen molar-refractivity contribution in [1.29, 1.82) is 0 Å². The van der Waals surface area contributed by atoms with Crippen LogP contribution in [0.4, 0.5) is 4.39 Å². The smallest absolute Gasteiger partial charge is 0.123 e. The Kier molecular flexibility index (Phi) is 6.61. The largest absolute Gasteiger partial charge is 0.491 e. The van der Waals surface area contributed by atoms with Crippen molar-refractivity contribution in [3.63, 3.8) is 0 Å². The van der Waals surface area contributed by atoms with E-state index in [4.69, 9.17) is 4.74 Å². The van der Waals surface area contributed by atoms with E-state index in [2.05, 4.69) is 41.0 Å². The van der Waals surface area contributed by atoms with Crippen molar-refractivity contribution in [2.45, 2.75) is 19.6 Å². The zero-order valence-electron chi connectivity index (χ0n) is 15.3. The number of hydrogen-bond donors (Lipinski definition) is 1. The molecule has 0 radical (unpaired) electrons. The maximum absolute atomic E-state index is 12.9. The summed E-state index contributed by atoms with van der Waals surface area (Å²) >= 11 is 0. The van der Waals surface area contributed by atoms with Crippen molar-refractivity contribution >= 4 is 0 Å². The second-order valence-electron chi connectivity index (χ2n) is 6.98. The number of ether oxygens (including phenoxy) is 1. The Bertz CT molecular complexity index is 685. The minimum absolute atomic E-state index is 0.217. The molecule has 1 aliphatic rings. The Hall–Kier alpha value is -1.95. The highest BCUT2D eigenvalue weighted by atomic mass is 19.1. The SMILES string of the molecule is Cc1cccc(CN2CCN(C[C@@H](O)COc3ccc(F)cc3)CC2)c1. The molecule has 0 amide bonds. The quantitative estimate of drug-likeness (QED) is 0.826. The molecule has 0 aromatic heterocycles. The van der Waals surface area contributed by atoms with Crippen LogP contribution >= 0.6 is 0 Å². The number of hydrogen-bond acceptors (Lipinski definition) is 4. The minimum Gasteiger partial charge on any atom is -0.491 e. The molecule has 0 saturated carbocycles. The average Bonchev–Trinajstić information content (AvgIpc) is 2.63. The molecule has 0 unspecified atom stereocenters. The predicted molar refractivity (Wildman–Crippen MR) is 101 cm³/mol. The van der Waals surface area contributed by atoms with Crippen LogP contribution < -0.4 is 4.74 Å². The Labute approximate surface area is 154 Å². The standard InChI is InChI=1S/C21H27FN2O2/c1-17-3-2-4-18(13-17)14-23-9-11-24(12-10-23)15-20(25)16-26-21-7-5-19(22)6-8-21/h2-8,13,20,25H,9-12,14-16H2,1H3/t20-/m1/s1. The van der Waals surface area contributed by atoms with Gasteiger partial charge in [0.05, 0.1) is 0 Å². The van der Waals surface area contributed by atoms with E-state index >= 15 is 0 Å². The first-order chi connectivity index (χ1) is 12.6. The van der Waals surface area contributed by atoms with Crippen LogP contribution in [0.5, 0.6) is 5.75 Å². The van der Waals surface area contributed by atoms with Crippen LogP contribution in [0.2, 0.25) is 0 Å². The fraction of sp³-hybridized carbons (Fsp3) is 0.429. The minimum atomic E-state index is -0.552. The first kappa shape index (κ1) is 18.8. The Balaban J connectivity index is 1.37. The third kappa shape index (κ3) is 5.80. The summed E-state index contributed by atoms with van der Waals surface area (Å²) in [5, 5.41) is 10.2. The molecule has 0 bridgehead atoms. The van der Waals surface area contributed by atoms with Crippen LogP contribution in [0.15, 0.2) is 48.5 Å². The van der Waals surface area contributed by atoms with Gasteiger partial charge in [0.15, 0.2) is 0 Å². The van der Waals surface area contributed by atoms with Gasteiger partial charge in [-0.25, -0.2) is 4.39 Å². The number of benzene rings is 2. The summed E-state index contributed by atoms with van der Waals surface area (Å²) in [7, 11) is 0. The highest BCUT2D eigenvalue weighted by Crippen LogP contribution is 2.13. The molecule has 1 saturated heterocycles. The summed E-state index contributed by atoms with van der Waals surface area (Å²) < 4.78 is 18.4. The number of aliphatic hydroxyl groups excluding tert-OH is 1. The summed E-state index contributed by atoms with van der Waals surface area (Å²) in [5.74, 6) is 0.287. The molecule has 1 N–H and O–H groups in total. The van der Waals surface area contributed by atoms with Crippen LogP contribution in [0, 0.1) is 12.7 Å². The molecule has 0 spiro atoms. The second-order valence-corrected chi connectivity index (χ2v) is 6.98. The second kappa shape index (κ2) is 9.12. The number of piperazine rings is 1. The van der Waals surface area contributed by atoms with Crippen molar-refractivity contribution in [2.75, 3.05) is 39.3 Å². The summed E-state index contributed by atoms with van der Waals surface area (Å²) in [4.78, 5) is 4.72. The van der Waals surface area contributed by atoms with Gasteiger partial charge in [0.2, 0.25) is 0 Å². The van der Waals surface area contributed by atoms with Gasteiger partial charge in [-0.2, -0.15) is 0 Å². The monoisotopic (exact) mass is 358 g/mol. The van der Waals surface area contributed by atoms with E-state index in [1.54, 1.807) is 12.1 Å². The van der Waals surface area contributed by atoms with E-state index in [1.165, 1.54) is 23.3 Å². The van der Waals surface area contributed by atoms with Crippen LogP contribution in [-0.4, -0.2) is 60.3 Å². The molecular formula is C21H27FN2O2. The fourth-order valence-electron chi connectivity index (χ4n) is 3.27. The molecule has 1 heterocycles. The van der Waals surface area contributed by atoms with Gasteiger partial charge >= 0.3 is 0 Å². The Morgan fingerprint density at radius 1 is 1.04 bits per heavy atom. The molecule has 3 rings (SSSR count). The van der Waals surface area contributed by atoms with Crippen molar-refractivity contribution in [2.24, 2.45) is 0 Å². The first-order valence-corrected chi connectivity index (χ1v) is 9.15. The number of rotatable bonds is 7. The maximum atomic E-state index is 12.9. The highest BCUT2D eigenvalue weighted by molar-refractivity contribution is 5.22. The van der Waals surface area contributed by atoms with Gasteiger partial charge in [-0.1, -0.05) is 29.8 Å². The van der Waals surface area contributed by atoms with Gasteiger partial charge in [-0.15, -0.1) is 0 Å². The van der Waals surface area contributed by atoms with E-state index in [0.717, 1.165) is 32.7 Å². The van der Waals surface area contributed by atoms with E-state index in [0.29, 0.717) is 12.3 Å². The normalized spacial score (nSPS) is 17.2. The number of β-amino-alcohol motifs (C(OH)–C–C–N with tert-alkyl or cyclic N) is 1. The van der Waals surface area contributed by atoms with Crippen LogP contribution in [0.1, 0.15) is 11.1 Å². The van der Waals surface area contributed by atoms with Crippen molar-refractivity contribution < 1.29 is 14.2 Å². The lowest BCUT2D eigenvalue weighted by Gasteiger charge is -2.35. The van der Waals surface area contributed by atoms with Gasteiger partial charge in [0, 0.05) is 39.3 Å². The first-order valence-electron chi connectivity index (χ1n) is 9.15. The molecule has 5 heteroatoms. The molecule has 1 atom stereocenters. The zero-order valence-corrected chi connectivity index (χ0v) is 15.3. The lowest BCUT2D eigenvalue weighted by atomic mass is 10.1. The van der Waals surface area contributed by atoms with Crippen LogP contribution in [-0.2, 0) is 6.54 Å². The van der Waals surface area contributed by atoms with Crippen molar-refractivity contribution in [3.8, 4) is 5.75 Å². The van der Waals surface area contributed by atoms with E-state index in [9.17, 15) is 9.50 Å². The Morgan fingerprint density at radius 3 is 2.42 bits per heavy atom. The third-order valence-electron chi connectivity index (χ3n) is 4.68. The fourth-order valence-corrected chi connectivity index (χ4v) is 3.27.